The van der Waals surface area contributed by atoms with Crippen LogP contribution in [0, 0.1) is 0 Å². The minimum atomic E-state index is -3.37. The molecule has 1 saturated carbocycles. The van der Waals surface area contributed by atoms with E-state index in [1.807, 2.05) is 0 Å². The van der Waals surface area contributed by atoms with Gasteiger partial charge in [0.05, 0.1) is 16.9 Å². The van der Waals surface area contributed by atoms with Gasteiger partial charge in [-0.1, -0.05) is 30.2 Å². The summed E-state index contributed by atoms with van der Waals surface area (Å²) in [5, 5.41) is 10.4. The molecule has 1 aromatic carbocycles. The van der Waals surface area contributed by atoms with Crippen LogP contribution in [-0.4, -0.2) is 17.1 Å². The third-order valence-corrected chi connectivity index (χ3v) is 7.33. The predicted molar refractivity (Wildman–Crippen MR) is 78.4 cm³/mol. The van der Waals surface area contributed by atoms with Gasteiger partial charge in [-0.3, -0.25) is 4.57 Å². The molecule has 0 heterocycles. The molecule has 1 N–H and O–H groups in total. The fourth-order valence-electron chi connectivity index (χ4n) is 2.70. The minimum absolute atomic E-state index is 0.296. The maximum atomic E-state index is 13.4. The van der Waals surface area contributed by atoms with Gasteiger partial charge >= 0.3 is 0 Å². The van der Waals surface area contributed by atoms with Crippen molar-refractivity contribution in [3.05, 3.63) is 29.3 Å². The fourth-order valence-corrected chi connectivity index (χ4v) is 5.90. The predicted octanol–water partition coefficient (Wildman–Crippen LogP) is 3.93. The Morgan fingerprint density at radius 1 is 1.32 bits per heavy atom. The molecule has 1 aliphatic carbocycles. The molecule has 0 aliphatic heterocycles. The molecule has 0 unspecified atom stereocenters. The Hall–Kier alpha value is -0.340. The maximum Gasteiger partial charge on any atom is 0.264 e. The van der Waals surface area contributed by atoms with Gasteiger partial charge in [0.25, 0.3) is 7.37 Å². The lowest BCUT2D eigenvalue weighted by molar-refractivity contribution is 0.0663. The van der Waals surface area contributed by atoms with E-state index in [2.05, 4.69) is 0 Å². The minimum Gasteiger partial charge on any atom is -0.379 e. The maximum absolute atomic E-state index is 13.4. The molecular formula is C14H20ClO3P. The van der Waals surface area contributed by atoms with E-state index in [-0.39, 0.29) is 0 Å². The SMILES string of the molecule is CCO[P@](=O)(c1ccccc1Cl)C1(O)CCCCC1. The summed E-state index contributed by atoms with van der Waals surface area (Å²) in [4.78, 5) is 0. The molecule has 3 nitrogen and oxygen atoms in total. The summed E-state index contributed by atoms with van der Waals surface area (Å²) in [6.07, 6.45) is 3.83. The highest BCUT2D eigenvalue weighted by Crippen LogP contribution is 2.62. The number of hydrogen-bond donors (Lipinski definition) is 1. The van der Waals surface area contributed by atoms with Crippen LogP contribution in [0.25, 0.3) is 0 Å². The van der Waals surface area contributed by atoms with Crippen LogP contribution in [-0.2, 0) is 9.09 Å². The van der Waals surface area contributed by atoms with Gasteiger partial charge in [-0.15, -0.1) is 0 Å². The molecule has 0 bridgehead atoms. The van der Waals surface area contributed by atoms with Crippen molar-refractivity contribution in [3.8, 4) is 0 Å². The van der Waals surface area contributed by atoms with E-state index in [0.717, 1.165) is 19.3 Å². The van der Waals surface area contributed by atoms with Crippen LogP contribution in [0.1, 0.15) is 39.0 Å². The molecule has 0 radical (unpaired) electrons. The molecule has 5 heteroatoms. The number of hydrogen-bond acceptors (Lipinski definition) is 3. The summed E-state index contributed by atoms with van der Waals surface area (Å²) in [6, 6.07) is 6.95. The van der Waals surface area contributed by atoms with Crippen molar-refractivity contribution in [3.63, 3.8) is 0 Å². The highest BCUT2D eigenvalue weighted by molar-refractivity contribution is 7.68. The summed E-state index contributed by atoms with van der Waals surface area (Å²) in [5.41, 5.74) is 0. The first-order chi connectivity index (χ1) is 9.03. The highest BCUT2D eigenvalue weighted by atomic mass is 35.5. The molecule has 1 fully saturated rings. The summed E-state index contributed by atoms with van der Waals surface area (Å²) >= 11 is 6.16. The summed E-state index contributed by atoms with van der Waals surface area (Å²) in [6.45, 7) is 2.08. The standard InChI is InChI=1S/C14H20ClO3P/c1-2-18-19(17,13-9-5-4-8-12(13)15)14(16)10-6-3-7-11-14/h4-5,8-9,16H,2-3,6-7,10-11H2,1H3/t19-/m1/s1. The largest absolute Gasteiger partial charge is 0.379 e. The van der Waals surface area contributed by atoms with Crippen molar-refractivity contribution in [2.75, 3.05) is 6.61 Å². The average Bonchev–Trinajstić information content (AvgIpc) is 2.40. The second-order valence-corrected chi connectivity index (χ2v) is 8.05. The van der Waals surface area contributed by atoms with Crippen LogP contribution in [0.5, 0.6) is 0 Å². The van der Waals surface area contributed by atoms with E-state index in [0.29, 0.717) is 29.8 Å². The molecule has 1 aromatic rings. The Labute approximate surface area is 119 Å². The number of halogens is 1. The Bertz CT molecular complexity index is 483. The van der Waals surface area contributed by atoms with E-state index in [4.69, 9.17) is 16.1 Å². The summed E-state index contributed by atoms with van der Waals surface area (Å²) < 4.78 is 18.9. The molecule has 0 spiro atoms. The second kappa shape index (κ2) is 5.97. The Morgan fingerprint density at radius 2 is 1.95 bits per heavy atom. The monoisotopic (exact) mass is 302 g/mol. The van der Waals surface area contributed by atoms with Gasteiger partial charge in [-0.05, 0) is 44.7 Å². The Kier molecular flexibility index (Phi) is 4.73. The van der Waals surface area contributed by atoms with Gasteiger partial charge in [0, 0.05) is 0 Å². The zero-order chi connectivity index (χ0) is 13.9. The Morgan fingerprint density at radius 3 is 2.53 bits per heavy atom. The van der Waals surface area contributed by atoms with Crippen molar-refractivity contribution < 1.29 is 14.2 Å². The number of aliphatic hydroxyl groups is 1. The van der Waals surface area contributed by atoms with Gasteiger partial charge in [0.15, 0.2) is 0 Å². The van der Waals surface area contributed by atoms with Gasteiger partial charge in [-0.25, -0.2) is 0 Å². The molecule has 106 valence electrons. The number of benzene rings is 1. The van der Waals surface area contributed by atoms with Crippen molar-refractivity contribution in [1.29, 1.82) is 0 Å². The molecule has 1 aliphatic rings. The van der Waals surface area contributed by atoms with E-state index >= 15 is 0 Å². The van der Waals surface area contributed by atoms with Gasteiger partial charge in [0.2, 0.25) is 0 Å². The van der Waals surface area contributed by atoms with Crippen molar-refractivity contribution >= 4 is 24.3 Å². The first kappa shape index (κ1) is 15.1. The van der Waals surface area contributed by atoms with Crippen molar-refractivity contribution in [2.24, 2.45) is 0 Å². The first-order valence-electron chi connectivity index (χ1n) is 6.76. The van der Waals surface area contributed by atoms with Crippen molar-refractivity contribution in [1.82, 2.24) is 0 Å². The molecule has 0 aromatic heterocycles. The van der Waals surface area contributed by atoms with Crippen LogP contribution in [0.15, 0.2) is 24.3 Å². The molecule has 0 saturated heterocycles. The molecule has 0 amide bonds. The van der Waals surface area contributed by atoms with E-state index in [9.17, 15) is 9.67 Å². The second-order valence-electron chi connectivity index (χ2n) is 4.96. The van der Waals surface area contributed by atoms with E-state index < -0.39 is 12.7 Å². The van der Waals surface area contributed by atoms with Crippen LogP contribution in [0.3, 0.4) is 0 Å². The quantitative estimate of drug-likeness (QED) is 0.857. The van der Waals surface area contributed by atoms with Crippen LogP contribution in [0.4, 0.5) is 0 Å². The highest BCUT2D eigenvalue weighted by Gasteiger charge is 2.50. The van der Waals surface area contributed by atoms with Crippen LogP contribution >= 0.6 is 19.0 Å². The third-order valence-electron chi connectivity index (χ3n) is 3.68. The molecule has 2 rings (SSSR count). The lowest BCUT2D eigenvalue weighted by Crippen LogP contribution is -2.36. The first-order valence-corrected chi connectivity index (χ1v) is 8.76. The smallest absolute Gasteiger partial charge is 0.264 e. The van der Waals surface area contributed by atoms with Gasteiger partial charge < -0.3 is 9.63 Å². The molecule has 19 heavy (non-hydrogen) atoms. The molecule has 1 atom stereocenters. The molecular weight excluding hydrogens is 283 g/mol. The lowest BCUT2D eigenvalue weighted by Gasteiger charge is -2.38. The van der Waals surface area contributed by atoms with E-state index in [1.54, 1.807) is 31.2 Å². The van der Waals surface area contributed by atoms with Gasteiger partial charge in [0.1, 0.15) is 5.34 Å². The number of rotatable bonds is 4. The lowest BCUT2D eigenvalue weighted by atomic mass is 9.97. The summed E-state index contributed by atoms with van der Waals surface area (Å²) in [7, 11) is -3.37. The summed E-state index contributed by atoms with van der Waals surface area (Å²) in [5.74, 6) is 0. The zero-order valence-electron chi connectivity index (χ0n) is 11.1. The van der Waals surface area contributed by atoms with Crippen LogP contribution < -0.4 is 5.30 Å². The van der Waals surface area contributed by atoms with Crippen LogP contribution in [0.2, 0.25) is 5.02 Å². The van der Waals surface area contributed by atoms with E-state index in [1.165, 1.54) is 0 Å². The topological polar surface area (TPSA) is 46.5 Å². The normalized spacial score (nSPS) is 21.8. The fraction of sp³-hybridized carbons (Fsp3) is 0.571. The van der Waals surface area contributed by atoms with Crippen molar-refractivity contribution in [2.45, 2.75) is 44.4 Å². The Balaban J connectivity index is 2.48. The van der Waals surface area contributed by atoms with Gasteiger partial charge in [-0.2, -0.15) is 0 Å². The third kappa shape index (κ3) is 2.75. The zero-order valence-corrected chi connectivity index (χ0v) is 12.8. The average molecular weight is 303 g/mol.